The van der Waals surface area contributed by atoms with Gasteiger partial charge in [-0.25, -0.2) is 4.98 Å². The zero-order valence-corrected chi connectivity index (χ0v) is 16.7. The van der Waals surface area contributed by atoms with Gasteiger partial charge in [-0.15, -0.1) is 0 Å². The Bertz CT molecular complexity index is 1040. The molecule has 1 amide bonds. The zero-order valence-electron chi connectivity index (χ0n) is 16.7. The lowest BCUT2D eigenvalue weighted by molar-refractivity contribution is 0.0374. The van der Waals surface area contributed by atoms with Crippen molar-refractivity contribution >= 4 is 16.9 Å². The van der Waals surface area contributed by atoms with Crippen LogP contribution in [0.2, 0.25) is 0 Å². The van der Waals surface area contributed by atoms with Crippen LogP contribution in [0.25, 0.3) is 11.0 Å². The summed E-state index contributed by atoms with van der Waals surface area (Å²) in [6.45, 7) is 3.61. The number of imidazole rings is 1. The number of aliphatic hydroxyl groups excluding tert-OH is 1. The van der Waals surface area contributed by atoms with Crippen molar-refractivity contribution in [1.82, 2.24) is 14.5 Å². The maximum absolute atomic E-state index is 13.2. The quantitative estimate of drug-likeness (QED) is 0.743. The number of hydrogen-bond acceptors (Lipinski definition) is 3. The van der Waals surface area contributed by atoms with Crippen LogP contribution in [-0.4, -0.2) is 44.7 Å². The van der Waals surface area contributed by atoms with Gasteiger partial charge in [-0.2, -0.15) is 0 Å². The molecule has 2 aromatic carbocycles. The van der Waals surface area contributed by atoms with Crippen LogP contribution in [0, 0.1) is 11.8 Å². The van der Waals surface area contributed by atoms with E-state index in [4.69, 9.17) is 0 Å². The molecular weight excluding hydrogens is 362 g/mol. The van der Waals surface area contributed by atoms with Gasteiger partial charge in [0, 0.05) is 18.7 Å². The lowest BCUT2D eigenvalue weighted by atomic mass is 9.77. The molecule has 1 saturated heterocycles. The molecule has 3 aromatic rings. The summed E-state index contributed by atoms with van der Waals surface area (Å²) in [5.41, 5.74) is 3.96. The van der Waals surface area contributed by atoms with Gasteiger partial charge in [0.25, 0.3) is 5.91 Å². The largest absolute Gasteiger partial charge is 0.391 e. The van der Waals surface area contributed by atoms with E-state index in [0.717, 1.165) is 54.5 Å². The van der Waals surface area contributed by atoms with Gasteiger partial charge in [0.2, 0.25) is 0 Å². The van der Waals surface area contributed by atoms with E-state index >= 15 is 0 Å². The Morgan fingerprint density at radius 2 is 1.79 bits per heavy atom. The number of benzene rings is 2. The molecular formula is C24H27N3O2. The molecule has 2 heterocycles. The van der Waals surface area contributed by atoms with E-state index in [2.05, 4.69) is 22.5 Å². The van der Waals surface area contributed by atoms with Crippen molar-refractivity contribution < 1.29 is 9.90 Å². The Morgan fingerprint density at radius 3 is 2.62 bits per heavy atom. The van der Waals surface area contributed by atoms with Crippen LogP contribution >= 0.6 is 0 Å². The van der Waals surface area contributed by atoms with Gasteiger partial charge >= 0.3 is 0 Å². The summed E-state index contributed by atoms with van der Waals surface area (Å²) in [6, 6.07) is 16.0. The number of carbonyl (C=O) groups is 1. The molecule has 2 fully saturated rings. The average Bonchev–Trinajstić information content (AvgIpc) is 3.36. The van der Waals surface area contributed by atoms with E-state index in [0.29, 0.717) is 11.8 Å². The van der Waals surface area contributed by atoms with Gasteiger partial charge in [0.15, 0.2) is 0 Å². The fourth-order valence-corrected chi connectivity index (χ4v) is 5.32. The Kier molecular flexibility index (Phi) is 4.63. The lowest BCUT2D eigenvalue weighted by Crippen LogP contribution is -2.36. The predicted octanol–water partition coefficient (Wildman–Crippen LogP) is 3.68. The minimum atomic E-state index is -0.410. The monoisotopic (exact) mass is 389 g/mol. The standard InChI is InChI=1S/C24H27N3O2/c1-2-16-7-3-4-8-19(16)24(29)26-13-17-11-22(23(28)12-18(17)14-26)27-15-25-20-9-5-6-10-21(20)27/h3-10,15,17-18,22-23,28H,2,11-14H2,1H3/t17-,18+,22-,23-/m1/s1. The first-order chi connectivity index (χ1) is 14.2. The van der Waals surface area contributed by atoms with Gasteiger partial charge in [0.05, 0.1) is 29.5 Å². The average molecular weight is 389 g/mol. The third kappa shape index (κ3) is 3.14. The van der Waals surface area contributed by atoms with E-state index in [1.54, 1.807) is 0 Å². The fraction of sp³-hybridized carbons (Fsp3) is 0.417. The second-order valence-electron chi connectivity index (χ2n) is 8.49. The summed E-state index contributed by atoms with van der Waals surface area (Å²) in [6.07, 6.45) is 3.92. The van der Waals surface area contributed by atoms with Crippen molar-refractivity contribution in [3.63, 3.8) is 0 Å². The van der Waals surface area contributed by atoms with Gasteiger partial charge < -0.3 is 14.6 Å². The molecule has 5 rings (SSSR count). The molecule has 1 aliphatic carbocycles. The van der Waals surface area contributed by atoms with Crippen molar-refractivity contribution in [3.05, 3.63) is 66.0 Å². The number of para-hydroxylation sites is 2. The smallest absolute Gasteiger partial charge is 0.254 e. The summed E-state index contributed by atoms with van der Waals surface area (Å²) in [7, 11) is 0. The summed E-state index contributed by atoms with van der Waals surface area (Å²) in [4.78, 5) is 19.7. The molecule has 0 spiro atoms. The number of fused-ring (bicyclic) bond motifs is 2. The summed E-state index contributed by atoms with van der Waals surface area (Å²) in [5.74, 6) is 0.923. The van der Waals surface area contributed by atoms with Gasteiger partial charge in [-0.1, -0.05) is 37.3 Å². The number of likely N-dealkylation sites (tertiary alicyclic amines) is 1. The van der Waals surface area contributed by atoms with E-state index in [1.807, 2.05) is 53.7 Å². The highest BCUT2D eigenvalue weighted by Gasteiger charge is 2.44. The van der Waals surface area contributed by atoms with Crippen LogP contribution in [0.3, 0.4) is 0 Å². The van der Waals surface area contributed by atoms with Crippen LogP contribution in [0.15, 0.2) is 54.9 Å². The Hall–Kier alpha value is -2.66. The normalized spacial score (nSPS) is 26.6. The van der Waals surface area contributed by atoms with Gasteiger partial charge in [-0.3, -0.25) is 4.79 Å². The van der Waals surface area contributed by atoms with Gasteiger partial charge in [0.1, 0.15) is 0 Å². The lowest BCUT2D eigenvalue weighted by Gasteiger charge is -2.36. The van der Waals surface area contributed by atoms with Crippen LogP contribution in [0.4, 0.5) is 0 Å². The van der Waals surface area contributed by atoms with E-state index in [-0.39, 0.29) is 11.9 Å². The third-order valence-electron chi connectivity index (χ3n) is 6.86. The maximum atomic E-state index is 13.2. The maximum Gasteiger partial charge on any atom is 0.254 e. The first-order valence-electron chi connectivity index (χ1n) is 10.6. The number of aryl methyl sites for hydroxylation is 1. The predicted molar refractivity (Wildman–Crippen MR) is 113 cm³/mol. The molecule has 2 aliphatic rings. The Labute approximate surface area is 171 Å². The van der Waals surface area contributed by atoms with Crippen molar-refractivity contribution in [1.29, 1.82) is 0 Å². The molecule has 5 heteroatoms. The van der Waals surface area contributed by atoms with Crippen LogP contribution < -0.4 is 0 Å². The van der Waals surface area contributed by atoms with Crippen molar-refractivity contribution in [2.75, 3.05) is 13.1 Å². The molecule has 29 heavy (non-hydrogen) atoms. The van der Waals surface area contributed by atoms with Crippen molar-refractivity contribution in [3.8, 4) is 0 Å². The minimum Gasteiger partial charge on any atom is -0.391 e. The summed E-state index contributed by atoms with van der Waals surface area (Å²) >= 11 is 0. The highest BCUT2D eigenvalue weighted by Crippen LogP contribution is 2.42. The molecule has 1 aromatic heterocycles. The molecule has 1 aliphatic heterocycles. The SMILES string of the molecule is CCc1ccccc1C(=O)N1C[C@H]2C[C@@H](n3cnc4ccccc43)[C@H](O)C[C@H]2C1. The first-order valence-corrected chi connectivity index (χ1v) is 10.6. The summed E-state index contributed by atoms with van der Waals surface area (Å²) < 4.78 is 2.13. The zero-order chi connectivity index (χ0) is 20.0. The van der Waals surface area contributed by atoms with Gasteiger partial charge in [-0.05, 0) is 54.9 Å². The second kappa shape index (κ2) is 7.30. The van der Waals surface area contributed by atoms with E-state index in [1.165, 1.54) is 0 Å². The molecule has 0 bridgehead atoms. The molecule has 150 valence electrons. The fourth-order valence-electron chi connectivity index (χ4n) is 5.32. The number of carbonyl (C=O) groups excluding carboxylic acids is 1. The first kappa shape index (κ1) is 18.4. The second-order valence-corrected chi connectivity index (χ2v) is 8.49. The van der Waals surface area contributed by atoms with E-state index in [9.17, 15) is 9.90 Å². The number of nitrogens with zero attached hydrogens (tertiary/aromatic N) is 3. The number of hydrogen-bond donors (Lipinski definition) is 1. The molecule has 0 radical (unpaired) electrons. The highest BCUT2D eigenvalue weighted by atomic mass is 16.3. The summed E-state index contributed by atoms with van der Waals surface area (Å²) in [5, 5.41) is 10.9. The minimum absolute atomic E-state index is 0.0154. The van der Waals surface area contributed by atoms with Crippen LogP contribution in [-0.2, 0) is 6.42 Å². The van der Waals surface area contributed by atoms with Crippen molar-refractivity contribution in [2.24, 2.45) is 11.8 Å². The Balaban J connectivity index is 1.37. The number of aromatic nitrogens is 2. The third-order valence-corrected chi connectivity index (χ3v) is 6.86. The van der Waals surface area contributed by atoms with E-state index < -0.39 is 6.10 Å². The molecule has 1 saturated carbocycles. The Morgan fingerprint density at radius 1 is 1.07 bits per heavy atom. The topological polar surface area (TPSA) is 58.4 Å². The molecule has 5 nitrogen and oxygen atoms in total. The number of amides is 1. The molecule has 4 atom stereocenters. The number of aliphatic hydroxyl groups is 1. The molecule has 0 unspecified atom stereocenters. The van der Waals surface area contributed by atoms with Crippen LogP contribution in [0.1, 0.15) is 41.7 Å². The number of rotatable bonds is 3. The van der Waals surface area contributed by atoms with Crippen LogP contribution in [0.5, 0.6) is 0 Å². The highest BCUT2D eigenvalue weighted by molar-refractivity contribution is 5.96. The van der Waals surface area contributed by atoms with Crippen molar-refractivity contribution in [2.45, 2.75) is 38.3 Å². The molecule has 1 N–H and O–H groups in total.